The summed E-state index contributed by atoms with van der Waals surface area (Å²) in [5.74, 6) is -0.0767. The van der Waals surface area contributed by atoms with Crippen molar-refractivity contribution in [1.29, 1.82) is 0 Å². The quantitative estimate of drug-likeness (QED) is 0.409. The zero-order valence-electron chi connectivity index (χ0n) is 9.18. The highest BCUT2D eigenvalue weighted by Crippen LogP contribution is 2.18. The highest BCUT2D eigenvalue weighted by molar-refractivity contribution is 5.84. The molecule has 0 spiro atoms. The normalized spacial score (nSPS) is 36.4. The first-order valence-electron chi connectivity index (χ1n) is 5.63. The van der Waals surface area contributed by atoms with Crippen molar-refractivity contribution in [2.45, 2.75) is 24.7 Å². The molecule has 6 N–H and O–H groups in total. The Labute approximate surface area is 98.9 Å². The van der Waals surface area contributed by atoms with E-state index in [1.54, 1.807) is 0 Å². The summed E-state index contributed by atoms with van der Waals surface area (Å²) in [7, 11) is 0. The number of hydrogen-bond acceptors (Lipinski definition) is 5. The number of rotatable bonds is 1. The van der Waals surface area contributed by atoms with E-state index in [0.29, 0.717) is 0 Å². The summed E-state index contributed by atoms with van der Waals surface area (Å²) in [6.07, 6.45) is -0.661. The van der Waals surface area contributed by atoms with Crippen LogP contribution in [0.25, 0.3) is 0 Å². The molecule has 1 aromatic rings. The second-order valence-electron chi connectivity index (χ2n) is 4.29. The van der Waals surface area contributed by atoms with Crippen LogP contribution in [0.15, 0.2) is 30.3 Å². The van der Waals surface area contributed by atoms with E-state index >= 15 is 0 Å². The standard InChI is InChI=1S/C11H15N5O/c12-11-15-9-7(10(17)16-11)13-8(14-9)6-4-2-1-3-5-6/h1-5,7-9,11,13-15H,12H2,(H,16,17). The average molecular weight is 233 g/mol. The van der Waals surface area contributed by atoms with Crippen LogP contribution in [0.4, 0.5) is 0 Å². The van der Waals surface area contributed by atoms with Gasteiger partial charge in [-0.2, -0.15) is 0 Å². The molecule has 0 radical (unpaired) electrons. The Balaban J connectivity index is 1.79. The minimum absolute atomic E-state index is 0.0326. The third kappa shape index (κ3) is 1.91. The molecule has 4 atom stereocenters. The average Bonchev–Trinajstić information content (AvgIpc) is 2.74. The van der Waals surface area contributed by atoms with Crippen molar-refractivity contribution < 1.29 is 4.79 Å². The Kier molecular flexibility index (Phi) is 2.56. The van der Waals surface area contributed by atoms with Crippen molar-refractivity contribution in [2.75, 3.05) is 0 Å². The van der Waals surface area contributed by atoms with Crippen LogP contribution in [0.5, 0.6) is 0 Å². The molecule has 0 saturated carbocycles. The topological polar surface area (TPSA) is 91.2 Å². The molecular formula is C11H15N5O. The predicted octanol–water partition coefficient (Wildman–Crippen LogP) is -1.47. The summed E-state index contributed by atoms with van der Waals surface area (Å²) in [4.78, 5) is 11.7. The molecule has 0 aliphatic carbocycles. The summed E-state index contributed by atoms with van der Waals surface area (Å²) in [6.45, 7) is 0. The number of hydrogen-bond donors (Lipinski definition) is 5. The number of nitrogens with two attached hydrogens (primary N) is 1. The van der Waals surface area contributed by atoms with Gasteiger partial charge in [-0.05, 0) is 5.56 Å². The Morgan fingerprint density at radius 1 is 1.06 bits per heavy atom. The third-order valence-corrected chi connectivity index (χ3v) is 3.10. The first kappa shape index (κ1) is 10.7. The molecule has 1 amide bonds. The van der Waals surface area contributed by atoms with E-state index in [-0.39, 0.29) is 24.3 Å². The lowest BCUT2D eigenvalue weighted by Gasteiger charge is -2.30. The number of fused-ring (bicyclic) bond motifs is 1. The lowest BCUT2D eigenvalue weighted by atomic mass is 10.2. The second-order valence-corrected chi connectivity index (χ2v) is 4.29. The van der Waals surface area contributed by atoms with Gasteiger partial charge in [0.1, 0.15) is 12.3 Å². The molecule has 2 saturated heterocycles. The van der Waals surface area contributed by atoms with Gasteiger partial charge in [-0.25, -0.2) is 0 Å². The van der Waals surface area contributed by atoms with Gasteiger partial charge in [-0.1, -0.05) is 30.3 Å². The van der Waals surface area contributed by atoms with Gasteiger partial charge in [0.05, 0.1) is 12.3 Å². The lowest BCUT2D eigenvalue weighted by molar-refractivity contribution is -0.126. The Morgan fingerprint density at radius 2 is 1.82 bits per heavy atom. The first-order valence-corrected chi connectivity index (χ1v) is 5.63. The van der Waals surface area contributed by atoms with Crippen molar-refractivity contribution in [3.63, 3.8) is 0 Å². The van der Waals surface area contributed by atoms with Crippen LogP contribution in [0.3, 0.4) is 0 Å². The smallest absolute Gasteiger partial charge is 0.242 e. The molecule has 0 bridgehead atoms. The first-order chi connectivity index (χ1) is 8.24. The van der Waals surface area contributed by atoms with Gasteiger partial charge >= 0.3 is 0 Å². The van der Waals surface area contributed by atoms with Crippen LogP contribution in [-0.4, -0.2) is 24.4 Å². The number of carbonyl (C=O) groups is 1. The van der Waals surface area contributed by atoms with Gasteiger partial charge in [-0.3, -0.25) is 26.5 Å². The Hall–Kier alpha value is -1.47. The van der Waals surface area contributed by atoms with E-state index in [1.807, 2.05) is 30.3 Å². The molecule has 2 aliphatic heterocycles. The monoisotopic (exact) mass is 233 g/mol. The number of amides is 1. The lowest BCUT2D eigenvalue weighted by Crippen LogP contribution is -2.69. The molecule has 2 aliphatic rings. The summed E-state index contributed by atoms with van der Waals surface area (Å²) < 4.78 is 0. The fourth-order valence-corrected chi connectivity index (χ4v) is 2.29. The van der Waals surface area contributed by atoms with Crippen molar-refractivity contribution in [1.82, 2.24) is 21.3 Å². The fraction of sp³-hybridized carbons (Fsp3) is 0.364. The van der Waals surface area contributed by atoms with Gasteiger partial charge < -0.3 is 5.32 Å². The van der Waals surface area contributed by atoms with Gasteiger partial charge in [-0.15, -0.1) is 0 Å². The number of nitrogens with one attached hydrogen (secondary N) is 4. The molecule has 1 aromatic carbocycles. The molecule has 3 rings (SSSR count). The molecule has 6 nitrogen and oxygen atoms in total. The zero-order valence-corrected chi connectivity index (χ0v) is 9.18. The van der Waals surface area contributed by atoms with Crippen LogP contribution in [0.2, 0.25) is 0 Å². The zero-order chi connectivity index (χ0) is 11.8. The molecule has 4 unspecified atom stereocenters. The van der Waals surface area contributed by atoms with E-state index in [2.05, 4.69) is 21.3 Å². The van der Waals surface area contributed by atoms with Crippen LogP contribution >= 0.6 is 0 Å². The maximum Gasteiger partial charge on any atom is 0.242 e. The summed E-state index contributed by atoms with van der Waals surface area (Å²) >= 11 is 0. The summed E-state index contributed by atoms with van der Waals surface area (Å²) in [6, 6.07) is 9.64. The predicted molar refractivity (Wildman–Crippen MR) is 62.3 cm³/mol. The highest BCUT2D eigenvalue weighted by atomic mass is 16.2. The molecular weight excluding hydrogens is 218 g/mol. The summed E-state index contributed by atoms with van der Waals surface area (Å²) in [5, 5.41) is 12.3. The Morgan fingerprint density at radius 3 is 2.59 bits per heavy atom. The van der Waals surface area contributed by atoms with Crippen LogP contribution in [0, 0.1) is 0 Å². The van der Waals surface area contributed by atoms with Gasteiger partial charge in [0.25, 0.3) is 0 Å². The molecule has 6 heteroatoms. The van der Waals surface area contributed by atoms with Gasteiger partial charge in [0.2, 0.25) is 5.91 Å². The van der Waals surface area contributed by atoms with E-state index in [1.165, 1.54) is 0 Å². The molecule has 17 heavy (non-hydrogen) atoms. The fourth-order valence-electron chi connectivity index (χ4n) is 2.29. The molecule has 2 fully saturated rings. The highest BCUT2D eigenvalue weighted by Gasteiger charge is 2.42. The maximum atomic E-state index is 11.7. The minimum atomic E-state index is -0.493. The SMILES string of the molecule is NC1NC(=O)C2NC(c3ccccc3)NC2N1. The minimum Gasteiger partial charge on any atom is -0.327 e. The van der Waals surface area contributed by atoms with Gasteiger partial charge in [0.15, 0.2) is 0 Å². The van der Waals surface area contributed by atoms with Crippen molar-refractivity contribution in [2.24, 2.45) is 5.73 Å². The van der Waals surface area contributed by atoms with E-state index in [9.17, 15) is 4.79 Å². The largest absolute Gasteiger partial charge is 0.327 e. The van der Waals surface area contributed by atoms with Crippen LogP contribution < -0.4 is 27.0 Å². The van der Waals surface area contributed by atoms with Crippen molar-refractivity contribution in [3.8, 4) is 0 Å². The number of benzene rings is 1. The third-order valence-electron chi connectivity index (χ3n) is 3.10. The van der Waals surface area contributed by atoms with E-state index in [0.717, 1.165) is 5.56 Å². The molecule has 2 heterocycles. The summed E-state index contributed by atoms with van der Waals surface area (Å²) in [5.41, 5.74) is 6.76. The Bertz CT molecular complexity index is 423. The van der Waals surface area contributed by atoms with E-state index < -0.39 is 6.29 Å². The van der Waals surface area contributed by atoms with Crippen LogP contribution in [-0.2, 0) is 4.79 Å². The number of carbonyl (C=O) groups excluding carboxylic acids is 1. The van der Waals surface area contributed by atoms with Crippen LogP contribution in [0.1, 0.15) is 11.7 Å². The molecule has 90 valence electrons. The second kappa shape index (κ2) is 4.08. The van der Waals surface area contributed by atoms with E-state index in [4.69, 9.17) is 5.73 Å². The van der Waals surface area contributed by atoms with Crippen molar-refractivity contribution >= 4 is 5.91 Å². The van der Waals surface area contributed by atoms with Crippen molar-refractivity contribution in [3.05, 3.63) is 35.9 Å². The van der Waals surface area contributed by atoms with Gasteiger partial charge in [0, 0.05) is 0 Å². The molecule has 0 aromatic heterocycles. The maximum absolute atomic E-state index is 11.7.